The van der Waals surface area contributed by atoms with E-state index in [1.807, 2.05) is 25.4 Å². The summed E-state index contributed by atoms with van der Waals surface area (Å²) in [5.41, 5.74) is 2.05. The molecule has 2 rings (SSSR count). The fourth-order valence-electron chi connectivity index (χ4n) is 1.86. The van der Waals surface area contributed by atoms with Gasteiger partial charge in [0, 0.05) is 24.1 Å². The van der Waals surface area contributed by atoms with Gasteiger partial charge in [0.1, 0.15) is 6.61 Å². The molecule has 2 aromatic rings. The number of aromatic nitrogens is 2. The van der Waals surface area contributed by atoms with E-state index in [4.69, 9.17) is 14.2 Å². The van der Waals surface area contributed by atoms with Gasteiger partial charge in [-0.15, -0.1) is 0 Å². The molecule has 1 aromatic carbocycles. The Balaban J connectivity index is 2.24. The van der Waals surface area contributed by atoms with Crippen LogP contribution in [0.2, 0.25) is 0 Å². The summed E-state index contributed by atoms with van der Waals surface area (Å²) in [7, 11) is 5.10. The molecule has 0 saturated carbocycles. The van der Waals surface area contributed by atoms with Crippen molar-refractivity contribution in [3.05, 3.63) is 35.7 Å². The molecule has 1 aromatic heterocycles. The van der Waals surface area contributed by atoms with Gasteiger partial charge in [-0.1, -0.05) is 15.9 Å². The summed E-state index contributed by atoms with van der Waals surface area (Å²) in [6, 6.07) is 3.85. The third kappa shape index (κ3) is 3.25. The molecule has 0 saturated heterocycles. The second kappa shape index (κ2) is 6.65. The van der Waals surface area contributed by atoms with Crippen LogP contribution in [0.15, 0.2) is 24.5 Å². The van der Waals surface area contributed by atoms with Crippen molar-refractivity contribution in [3.8, 4) is 17.2 Å². The second-order valence-corrected chi connectivity index (χ2v) is 4.83. The molecule has 0 spiro atoms. The quantitative estimate of drug-likeness (QED) is 0.758. The molecule has 0 aliphatic heterocycles. The zero-order valence-electron chi connectivity index (χ0n) is 11.7. The van der Waals surface area contributed by atoms with Gasteiger partial charge < -0.3 is 14.2 Å². The molecular weight excluding hydrogens is 324 g/mol. The third-order valence-electron chi connectivity index (χ3n) is 2.82. The van der Waals surface area contributed by atoms with Crippen LogP contribution in [0.3, 0.4) is 0 Å². The predicted molar refractivity (Wildman–Crippen MR) is 79.7 cm³/mol. The Morgan fingerprint density at radius 1 is 1.15 bits per heavy atom. The molecule has 0 radical (unpaired) electrons. The Morgan fingerprint density at radius 2 is 1.80 bits per heavy atom. The predicted octanol–water partition coefficient (Wildman–Crippen LogP) is 2.91. The highest BCUT2D eigenvalue weighted by molar-refractivity contribution is 9.08. The number of aryl methyl sites for hydroxylation is 1. The van der Waals surface area contributed by atoms with Crippen LogP contribution in [0.5, 0.6) is 17.2 Å². The van der Waals surface area contributed by atoms with Gasteiger partial charge in [0.05, 0.1) is 20.4 Å². The van der Waals surface area contributed by atoms with E-state index in [2.05, 4.69) is 21.0 Å². The maximum Gasteiger partial charge on any atom is 0.203 e. The highest BCUT2D eigenvalue weighted by atomic mass is 79.9. The average molecular weight is 341 g/mol. The molecule has 108 valence electrons. The van der Waals surface area contributed by atoms with Crippen molar-refractivity contribution in [1.29, 1.82) is 0 Å². The Hall–Kier alpha value is -1.69. The van der Waals surface area contributed by atoms with Gasteiger partial charge >= 0.3 is 0 Å². The number of nitrogens with zero attached hydrogens (tertiary/aromatic N) is 2. The molecule has 0 amide bonds. The van der Waals surface area contributed by atoms with Crippen LogP contribution >= 0.6 is 15.9 Å². The summed E-state index contributed by atoms with van der Waals surface area (Å²) in [6.07, 6.45) is 3.68. The molecule has 0 aliphatic carbocycles. The minimum atomic E-state index is 0.411. The zero-order valence-corrected chi connectivity index (χ0v) is 13.3. The lowest BCUT2D eigenvalue weighted by atomic mass is 10.2. The molecule has 0 unspecified atom stereocenters. The SMILES string of the molecule is COc1cc(CBr)cc(OC)c1OCc1cnn(C)c1. The number of halogens is 1. The molecule has 0 bridgehead atoms. The molecule has 0 fully saturated rings. The van der Waals surface area contributed by atoms with E-state index in [0.29, 0.717) is 23.9 Å². The molecule has 1 heterocycles. The van der Waals surface area contributed by atoms with Gasteiger partial charge in [-0.2, -0.15) is 5.10 Å². The number of hydrogen-bond acceptors (Lipinski definition) is 4. The molecule has 6 heteroatoms. The van der Waals surface area contributed by atoms with Gasteiger partial charge in [-0.3, -0.25) is 4.68 Å². The van der Waals surface area contributed by atoms with Gasteiger partial charge in [0.2, 0.25) is 5.75 Å². The van der Waals surface area contributed by atoms with Crippen molar-refractivity contribution in [2.45, 2.75) is 11.9 Å². The highest BCUT2D eigenvalue weighted by Crippen LogP contribution is 2.39. The van der Waals surface area contributed by atoms with Crippen LogP contribution in [0.25, 0.3) is 0 Å². The standard InChI is InChI=1S/C14H17BrN2O3/c1-17-8-11(7-16-17)9-20-14-12(18-2)4-10(6-15)5-13(14)19-3/h4-5,7-8H,6,9H2,1-3H3. The number of alkyl halides is 1. The monoisotopic (exact) mass is 340 g/mol. The van der Waals surface area contributed by atoms with E-state index < -0.39 is 0 Å². The van der Waals surface area contributed by atoms with Crippen LogP contribution in [0.4, 0.5) is 0 Å². The van der Waals surface area contributed by atoms with Crippen molar-refractivity contribution in [3.63, 3.8) is 0 Å². The van der Waals surface area contributed by atoms with Crippen molar-refractivity contribution < 1.29 is 14.2 Å². The van der Waals surface area contributed by atoms with E-state index in [9.17, 15) is 0 Å². The number of methoxy groups -OCH3 is 2. The van der Waals surface area contributed by atoms with Crippen molar-refractivity contribution >= 4 is 15.9 Å². The van der Waals surface area contributed by atoms with Gasteiger partial charge in [0.25, 0.3) is 0 Å². The van der Waals surface area contributed by atoms with E-state index in [0.717, 1.165) is 16.5 Å². The first kappa shape index (κ1) is 14.7. The molecule has 5 nitrogen and oxygen atoms in total. The minimum absolute atomic E-state index is 0.411. The smallest absolute Gasteiger partial charge is 0.203 e. The molecule has 0 atom stereocenters. The first-order chi connectivity index (χ1) is 9.67. The lowest BCUT2D eigenvalue weighted by Crippen LogP contribution is -2.00. The fraction of sp³-hybridized carbons (Fsp3) is 0.357. The third-order valence-corrected chi connectivity index (χ3v) is 3.46. The zero-order chi connectivity index (χ0) is 14.5. The Morgan fingerprint density at radius 3 is 2.25 bits per heavy atom. The van der Waals surface area contributed by atoms with Crippen LogP contribution < -0.4 is 14.2 Å². The Labute approximate surface area is 126 Å². The largest absolute Gasteiger partial charge is 0.493 e. The van der Waals surface area contributed by atoms with Crippen molar-refractivity contribution in [2.24, 2.45) is 7.05 Å². The van der Waals surface area contributed by atoms with Gasteiger partial charge in [-0.25, -0.2) is 0 Å². The van der Waals surface area contributed by atoms with E-state index in [1.54, 1.807) is 25.1 Å². The summed E-state index contributed by atoms with van der Waals surface area (Å²) in [6.45, 7) is 0.411. The maximum absolute atomic E-state index is 5.83. The maximum atomic E-state index is 5.83. The van der Waals surface area contributed by atoms with Crippen LogP contribution in [-0.2, 0) is 19.0 Å². The van der Waals surface area contributed by atoms with Crippen molar-refractivity contribution in [1.82, 2.24) is 9.78 Å². The van der Waals surface area contributed by atoms with Gasteiger partial charge in [-0.05, 0) is 17.7 Å². The number of rotatable bonds is 6. The summed E-state index contributed by atoms with van der Waals surface area (Å²) in [5.74, 6) is 1.91. The van der Waals surface area contributed by atoms with Crippen molar-refractivity contribution in [2.75, 3.05) is 14.2 Å². The molecule has 20 heavy (non-hydrogen) atoms. The topological polar surface area (TPSA) is 45.5 Å². The van der Waals surface area contributed by atoms with Crippen LogP contribution in [-0.4, -0.2) is 24.0 Å². The Kier molecular flexibility index (Phi) is 4.89. The molecule has 0 N–H and O–H groups in total. The fourth-order valence-corrected chi connectivity index (χ4v) is 2.18. The van der Waals surface area contributed by atoms with E-state index >= 15 is 0 Å². The summed E-state index contributed by atoms with van der Waals surface area (Å²) in [4.78, 5) is 0. The number of hydrogen-bond donors (Lipinski definition) is 0. The van der Waals surface area contributed by atoms with Crippen LogP contribution in [0, 0.1) is 0 Å². The molecular formula is C14H17BrN2O3. The first-order valence-corrected chi connectivity index (χ1v) is 7.21. The van der Waals surface area contributed by atoms with E-state index in [1.165, 1.54) is 0 Å². The summed E-state index contributed by atoms with van der Waals surface area (Å²) < 4.78 is 18.3. The first-order valence-electron chi connectivity index (χ1n) is 6.09. The summed E-state index contributed by atoms with van der Waals surface area (Å²) in [5, 5.41) is 4.83. The summed E-state index contributed by atoms with van der Waals surface area (Å²) >= 11 is 3.42. The van der Waals surface area contributed by atoms with E-state index in [-0.39, 0.29) is 0 Å². The minimum Gasteiger partial charge on any atom is -0.493 e. The van der Waals surface area contributed by atoms with Crippen LogP contribution in [0.1, 0.15) is 11.1 Å². The number of benzene rings is 1. The Bertz CT molecular complexity index is 559. The van der Waals surface area contributed by atoms with Gasteiger partial charge in [0.15, 0.2) is 11.5 Å². The average Bonchev–Trinajstić information content (AvgIpc) is 2.89. The normalized spacial score (nSPS) is 10.4. The lowest BCUT2D eigenvalue weighted by molar-refractivity contribution is 0.265. The number of ether oxygens (including phenoxy) is 3. The lowest BCUT2D eigenvalue weighted by Gasteiger charge is -2.15. The molecule has 0 aliphatic rings. The second-order valence-electron chi connectivity index (χ2n) is 4.27. The highest BCUT2D eigenvalue weighted by Gasteiger charge is 2.14.